The van der Waals surface area contributed by atoms with Gasteiger partial charge >= 0.3 is 6.03 Å². The molecule has 4 nitrogen and oxygen atoms in total. The molecule has 1 rings (SSSR count). The average Bonchev–Trinajstić information content (AvgIpc) is 2.44. The number of amides is 2. The lowest BCUT2D eigenvalue weighted by Crippen LogP contribution is -2.40. The molecule has 0 unspecified atom stereocenters. The third kappa shape index (κ3) is 5.33. The van der Waals surface area contributed by atoms with Crippen LogP contribution < -0.4 is 5.32 Å². The first-order chi connectivity index (χ1) is 9.86. The number of alkyl halides is 2. The van der Waals surface area contributed by atoms with E-state index in [1.165, 1.54) is 11.9 Å². The van der Waals surface area contributed by atoms with Crippen molar-refractivity contribution in [2.45, 2.75) is 24.3 Å². The lowest BCUT2D eigenvalue weighted by Gasteiger charge is -2.24. The molecule has 0 aliphatic heterocycles. The van der Waals surface area contributed by atoms with Gasteiger partial charge in [-0.3, -0.25) is 0 Å². The molecule has 0 fully saturated rings. The topological polar surface area (TPSA) is 52.6 Å². The first kappa shape index (κ1) is 18.0. The van der Waals surface area contributed by atoms with E-state index in [0.717, 1.165) is 11.8 Å². The quantitative estimate of drug-likeness (QED) is 0.780. The molecule has 1 aromatic carbocycles. The number of urea groups is 1. The molecule has 0 aromatic heterocycles. The van der Waals surface area contributed by atoms with Gasteiger partial charge < -0.3 is 15.3 Å². The highest BCUT2D eigenvalue weighted by molar-refractivity contribution is 7.99. The zero-order valence-electron chi connectivity index (χ0n) is 11.6. The molecule has 0 aliphatic carbocycles. The maximum absolute atomic E-state index is 12.3. The summed E-state index contributed by atoms with van der Waals surface area (Å²) in [6.45, 7) is 1.51. The smallest absolute Gasteiger partial charge is 0.321 e. The van der Waals surface area contributed by atoms with E-state index in [4.69, 9.17) is 16.7 Å². The number of nitrogens with zero attached hydrogens (tertiary/aromatic N) is 1. The second-order valence-corrected chi connectivity index (χ2v) is 5.83. The van der Waals surface area contributed by atoms with Gasteiger partial charge in [0.15, 0.2) is 0 Å². The van der Waals surface area contributed by atoms with E-state index >= 15 is 0 Å². The van der Waals surface area contributed by atoms with Gasteiger partial charge in [-0.25, -0.2) is 13.6 Å². The minimum atomic E-state index is -2.47. The van der Waals surface area contributed by atoms with Crippen molar-refractivity contribution in [3.05, 3.63) is 23.2 Å². The Morgan fingerprint density at radius 1 is 1.52 bits per heavy atom. The molecule has 2 N–H and O–H groups in total. The van der Waals surface area contributed by atoms with Gasteiger partial charge in [0.05, 0.1) is 29.1 Å². The Balaban J connectivity index is 2.87. The van der Waals surface area contributed by atoms with Crippen LogP contribution >= 0.6 is 23.4 Å². The van der Waals surface area contributed by atoms with E-state index < -0.39 is 18.2 Å². The second-order valence-electron chi connectivity index (χ2n) is 4.39. The second kappa shape index (κ2) is 8.41. The van der Waals surface area contributed by atoms with Crippen molar-refractivity contribution in [3.63, 3.8) is 0 Å². The number of nitrogens with one attached hydrogen (secondary N) is 1. The molecule has 2 amide bonds. The van der Waals surface area contributed by atoms with Crippen molar-refractivity contribution >= 4 is 35.1 Å². The molecule has 0 bridgehead atoms. The van der Waals surface area contributed by atoms with Crippen molar-refractivity contribution in [1.29, 1.82) is 0 Å². The van der Waals surface area contributed by atoms with Crippen LogP contribution in [0.4, 0.5) is 19.3 Å². The van der Waals surface area contributed by atoms with Crippen molar-refractivity contribution in [2.75, 3.05) is 24.7 Å². The third-order valence-electron chi connectivity index (χ3n) is 2.81. The van der Waals surface area contributed by atoms with Crippen LogP contribution in [0.5, 0.6) is 0 Å². The molecule has 8 heteroatoms. The van der Waals surface area contributed by atoms with Crippen LogP contribution in [-0.4, -0.2) is 47.9 Å². The Morgan fingerprint density at radius 3 is 2.76 bits per heavy atom. The van der Waals surface area contributed by atoms with Gasteiger partial charge in [0.1, 0.15) is 0 Å². The molecule has 118 valence electrons. The number of hydrogen-bond acceptors (Lipinski definition) is 3. The van der Waals surface area contributed by atoms with E-state index in [2.05, 4.69) is 5.32 Å². The van der Waals surface area contributed by atoms with Crippen molar-refractivity contribution in [1.82, 2.24) is 4.90 Å². The fraction of sp³-hybridized carbons (Fsp3) is 0.462. The predicted octanol–water partition coefficient (Wildman–Crippen LogP) is 3.54. The predicted molar refractivity (Wildman–Crippen MR) is 81.5 cm³/mol. The number of aliphatic hydroxyl groups excluding tert-OH is 1. The van der Waals surface area contributed by atoms with Crippen LogP contribution in [0.2, 0.25) is 5.02 Å². The molecule has 1 aromatic rings. The molecule has 0 heterocycles. The van der Waals surface area contributed by atoms with Crippen LogP contribution in [0.25, 0.3) is 0 Å². The Morgan fingerprint density at radius 2 is 2.19 bits per heavy atom. The monoisotopic (exact) mass is 338 g/mol. The Labute approximate surface area is 131 Å². The number of rotatable bonds is 6. The average molecular weight is 339 g/mol. The maximum atomic E-state index is 12.3. The Kier molecular flexibility index (Phi) is 7.21. The number of halogens is 3. The first-order valence-electron chi connectivity index (χ1n) is 6.21. The van der Waals surface area contributed by atoms with Gasteiger partial charge in [-0.2, -0.15) is 0 Å². The van der Waals surface area contributed by atoms with Gasteiger partial charge in [0, 0.05) is 11.9 Å². The molecule has 0 spiro atoms. The lowest BCUT2D eigenvalue weighted by molar-refractivity contribution is 0.166. The summed E-state index contributed by atoms with van der Waals surface area (Å²) < 4.78 is 24.7. The van der Waals surface area contributed by atoms with Gasteiger partial charge in [0.2, 0.25) is 6.43 Å². The number of benzene rings is 1. The summed E-state index contributed by atoms with van der Waals surface area (Å²) in [7, 11) is 1.53. The van der Waals surface area contributed by atoms with Crippen LogP contribution in [0.15, 0.2) is 23.1 Å². The highest BCUT2D eigenvalue weighted by atomic mass is 35.5. The van der Waals surface area contributed by atoms with Crippen LogP contribution in [0.1, 0.15) is 6.92 Å². The van der Waals surface area contributed by atoms with Crippen LogP contribution in [0, 0.1) is 0 Å². The number of anilines is 1. The summed E-state index contributed by atoms with van der Waals surface area (Å²) in [6, 6.07) is 3.99. The number of carbonyl (C=O) groups is 1. The van der Waals surface area contributed by atoms with Gasteiger partial charge in [-0.1, -0.05) is 17.7 Å². The fourth-order valence-corrected chi connectivity index (χ4v) is 2.54. The van der Waals surface area contributed by atoms with E-state index in [9.17, 15) is 13.6 Å². The largest absolute Gasteiger partial charge is 0.394 e. The fourth-order valence-electron chi connectivity index (χ4n) is 1.43. The van der Waals surface area contributed by atoms with Gasteiger partial charge in [0.25, 0.3) is 0 Å². The van der Waals surface area contributed by atoms with E-state index in [-0.39, 0.29) is 12.6 Å². The minimum absolute atomic E-state index is 0.174. The molecular weight excluding hydrogens is 322 g/mol. The molecule has 0 saturated carbocycles. The first-order valence-corrected chi connectivity index (χ1v) is 7.57. The SMILES string of the molecule is C[C@H](CO)N(C)C(=O)Nc1cccc(Cl)c1SCC(F)F. The van der Waals surface area contributed by atoms with Crippen molar-refractivity contribution < 1.29 is 18.7 Å². The van der Waals surface area contributed by atoms with Crippen molar-refractivity contribution in [3.8, 4) is 0 Å². The molecule has 0 radical (unpaired) electrons. The van der Waals surface area contributed by atoms with E-state index in [1.807, 2.05) is 0 Å². The third-order valence-corrected chi connectivity index (χ3v) is 4.38. The summed E-state index contributed by atoms with van der Waals surface area (Å²) in [5, 5.41) is 12.0. The highest BCUT2D eigenvalue weighted by Gasteiger charge is 2.18. The van der Waals surface area contributed by atoms with Gasteiger partial charge in [-0.15, -0.1) is 11.8 Å². The molecule has 0 saturated heterocycles. The standard InChI is InChI=1S/C13H17ClF2N2O2S/c1-8(6-19)18(2)13(20)17-10-5-3-4-9(14)12(10)21-7-11(15)16/h3-5,8,11,19H,6-7H2,1-2H3,(H,17,20)/t8-/m1/s1. The summed E-state index contributed by atoms with van der Waals surface area (Å²) in [5.41, 5.74) is 0.370. The molecular formula is C13H17ClF2N2O2S. The van der Waals surface area contributed by atoms with Crippen LogP contribution in [-0.2, 0) is 0 Å². The number of likely N-dealkylation sites (N-methyl/N-ethyl adjacent to an activating group) is 1. The minimum Gasteiger partial charge on any atom is -0.394 e. The lowest BCUT2D eigenvalue weighted by atomic mass is 10.3. The van der Waals surface area contributed by atoms with E-state index in [0.29, 0.717) is 15.6 Å². The highest BCUT2D eigenvalue weighted by Crippen LogP contribution is 2.35. The Bertz CT molecular complexity index is 491. The molecule has 0 aliphatic rings. The number of hydrogen-bond donors (Lipinski definition) is 2. The summed E-state index contributed by atoms with van der Waals surface area (Å²) in [5.74, 6) is -0.407. The number of aliphatic hydroxyl groups is 1. The number of carbonyl (C=O) groups excluding carboxylic acids is 1. The van der Waals surface area contributed by atoms with Crippen LogP contribution in [0.3, 0.4) is 0 Å². The zero-order valence-corrected chi connectivity index (χ0v) is 13.2. The summed E-state index contributed by atoms with van der Waals surface area (Å²) in [6.07, 6.45) is -2.47. The zero-order chi connectivity index (χ0) is 16.0. The molecule has 21 heavy (non-hydrogen) atoms. The maximum Gasteiger partial charge on any atom is 0.321 e. The van der Waals surface area contributed by atoms with E-state index in [1.54, 1.807) is 25.1 Å². The van der Waals surface area contributed by atoms with Crippen molar-refractivity contribution in [2.24, 2.45) is 0 Å². The summed E-state index contributed by atoms with van der Waals surface area (Å²) in [4.78, 5) is 13.7. The Hall–Kier alpha value is -1.05. The molecule has 1 atom stereocenters. The number of thioether (sulfide) groups is 1. The van der Waals surface area contributed by atoms with Gasteiger partial charge in [-0.05, 0) is 19.1 Å². The normalized spacial score (nSPS) is 12.3. The summed E-state index contributed by atoms with van der Waals surface area (Å²) >= 11 is 6.88.